The Morgan fingerprint density at radius 2 is 2.00 bits per heavy atom. The molecular weight excluding hydrogens is 280 g/mol. The summed E-state index contributed by atoms with van der Waals surface area (Å²) in [5, 5.41) is 4.07. The molecule has 0 aliphatic heterocycles. The summed E-state index contributed by atoms with van der Waals surface area (Å²) in [6.07, 6.45) is 1.33. The van der Waals surface area contributed by atoms with Gasteiger partial charge in [0, 0.05) is 5.69 Å². The molecule has 21 heavy (non-hydrogen) atoms. The lowest BCUT2D eigenvalue weighted by Crippen LogP contribution is -2.14. The minimum Gasteiger partial charge on any atom is -0.326 e. The monoisotopic (exact) mass is 296 g/mol. The molecule has 1 aromatic heterocycles. The normalized spacial score (nSPS) is 10.7. The van der Waals surface area contributed by atoms with Crippen molar-refractivity contribution in [2.75, 3.05) is 5.32 Å². The highest BCUT2D eigenvalue weighted by Gasteiger charge is 2.07. The van der Waals surface area contributed by atoms with E-state index in [2.05, 4.69) is 17.2 Å². The van der Waals surface area contributed by atoms with Crippen LogP contribution in [0.3, 0.4) is 0 Å². The first kappa shape index (κ1) is 13.8. The lowest BCUT2D eigenvalue weighted by Gasteiger charge is -2.05. The predicted octanol–water partition coefficient (Wildman–Crippen LogP) is 4.04. The second-order valence-electron chi connectivity index (χ2n) is 4.85. The fourth-order valence-electron chi connectivity index (χ4n) is 2.19. The zero-order chi connectivity index (χ0) is 14.7. The van der Waals surface area contributed by atoms with E-state index in [-0.39, 0.29) is 5.91 Å². The van der Waals surface area contributed by atoms with Gasteiger partial charge in [-0.1, -0.05) is 37.3 Å². The van der Waals surface area contributed by atoms with E-state index in [1.54, 1.807) is 11.3 Å². The number of fused-ring (bicyclic) bond motifs is 1. The van der Waals surface area contributed by atoms with Gasteiger partial charge in [-0.25, -0.2) is 4.98 Å². The van der Waals surface area contributed by atoms with Crippen LogP contribution in [0.1, 0.15) is 17.5 Å². The fourth-order valence-corrected chi connectivity index (χ4v) is 3.13. The van der Waals surface area contributed by atoms with E-state index in [0.717, 1.165) is 32.9 Å². The molecule has 1 N–H and O–H groups in total. The Bertz CT molecular complexity index is 765. The standard InChI is InChI=1S/C17H16N2OS/c1-2-17-19-14-9-8-13(11-15(14)21-17)18-16(20)10-12-6-4-3-5-7-12/h3-9,11H,2,10H2,1H3,(H,18,20). The van der Waals surface area contributed by atoms with Crippen LogP contribution in [0.5, 0.6) is 0 Å². The molecular formula is C17H16N2OS. The van der Waals surface area contributed by atoms with Crippen molar-refractivity contribution in [3.8, 4) is 0 Å². The van der Waals surface area contributed by atoms with Gasteiger partial charge in [0.25, 0.3) is 0 Å². The average Bonchev–Trinajstić information content (AvgIpc) is 2.90. The third-order valence-corrected chi connectivity index (χ3v) is 4.39. The van der Waals surface area contributed by atoms with Crippen LogP contribution in [-0.2, 0) is 17.6 Å². The van der Waals surface area contributed by atoms with E-state index in [1.807, 2.05) is 48.5 Å². The van der Waals surface area contributed by atoms with Gasteiger partial charge in [0.15, 0.2) is 0 Å². The van der Waals surface area contributed by atoms with E-state index in [4.69, 9.17) is 0 Å². The molecule has 4 heteroatoms. The fraction of sp³-hybridized carbons (Fsp3) is 0.176. The van der Waals surface area contributed by atoms with Gasteiger partial charge in [-0.2, -0.15) is 0 Å². The Morgan fingerprint density at radius 1 is 1.19 bits per heavy atom. The number of nitrogens with zero attached hydrogens (tertiary/aromatic N) is 1. The van der Waals surface area contributed by atoms with Crippen LogP contribution in [0.25, 0.3) is 10.2 Å². The van der Waals surface area contributed by atoms with Gasteiger partial charge in [-0.3, -0.25) is 4.79 Å². The van der Waals surface area contributed by atoms with E-state index < -0.39 is 0 Å². The first-order chi connectivity index (χ1) is 10.2. The van der Waals surface area contributed by atoms with Gasteiger partial charge < -0.3 is 5.32 Å². The first-order valence-electron chi connectivity index (χ1n) is 6.98. The van der Waals surface area contributed by atoms with Crippen LogP contribution in [0.4, 0.5) is 5.69 Å². The van der Waals surface area contributed by atoms with Gasteiger partial charge in [-0.05, 0) is 30.2 Å². The van der Waals surface area contributed by atoms with Crippen LogP contribution in [0.15, 0.2) is 48.5 Å². The predicted molar refractivity (Wildman–Crippen MR) is 87.8 cm³/mol. The zero-order valence-electron chi connectivity index (χ0n) is 11.8. The smallest absolute Gasteiger partial charge is 0.228 e. The Hall–Kier alpha value is -2.20. The van der Waals surface area contributed by atoms with Crippen molar-refractivity contribution in [1.29, 1.82) is 0 Å². The highest BCUT2D eigenvalue weighted by atomic mass is 32.1. The molecule has 3 nitrogen and oxygen atoms in total. The highest BCUT2D eigenvalue weighted by molar-refractivity contribution is 7.18. The molecule has 1 heterocycles. The number of carbonyl (C=O) groups excluding carboxylic acids is 1. The van der Waals surface area contributed by atoms with E-state index in [1.165, 1.54) is 0 Å². The van der Waals surface area contributed by atoms with Crippen molar-refractivity contribution in [2.45, 2.75) is 19.8 Å². The van der Waals surface area contributed by atoms with E-state index in [9.17, 15) is 4.79 Å². The minimum absolute atomic E-state index is 0.000723. The summed E-state index contributed by atoms with van der Waals surface area (Å²) in [7, 11) is 0. The molecule has 0 bridgehead atoms. The van der Waals surface area contributed by atoms with Crippen LogP contribution >= 0.6 is 11.3 Å². The molecule has 0 saturated carbocycles. The Balaban J connectivity index is 1.73. The zero-order valence-corrected chi connectivity index (χ0v) is 12.6. The maximum absolute atomic E-state index is 12.1. The van der Waals surface area contributed by atoms with Crippen molar-refractivity contribution < 1.29 is 4.79 Å². The molecule has 0 radical (unpaired) electrons. The highest BCUT2D eigenvalue weighted by Crippen LogP contribution is 2.25. The molecule has 0 aliphatic carbocycles. The van der Waals surface area contributed by atoms with Gasteiger partial charge >= 0.3 is 0 Å². The maximum atomic E-state index is 12.1. The Kier molecular flexibility index (Phi) is 3.97. The lowest BCUT2D eigenvalue weighted by atomic mass is 10.1. The molecule has 0 aliphatic rings. The van der Waals surface area contributed by atoms with Crippen molar-refractivity contribution in [1.82, 2.24) is 4.98 Å². The third kappa shape index (κ3) is 3.28. The summed E-state index contributed by atoms with van der Waals surface area (Å²) in [5.41, 5.74) is 2.84. The number of carbonyl (C=O) groups is 1. The summed E-state index contributed by atoms with van der Waals surface area (Å²) < 4.78 is 1.12. The number of nitrogens with one attached hydrogen (secondary N) is 1. The molecule has 3 aromatic rings. The lowest BCUT2D eigenvalue weighted by molar-refractivity contribution is -0.115. The van der Waals surface area contributed by atoms with Crippen LogP contribution < -0.4 is 5.32 Å². The van der Waals surface area contributed by atoms with Crippen LogP contribution in [-0.4, -0.2) is 10.9 Å². The number of anilines is 1. The Morgan fingerprint density at radius 3 is 2.76 bits per heavy atom. The number of amides is 1. The molecule has 0 spiro atoms. The number of hydrogen-bond donors (Lipinski definition) is 1. The minimum atomic E-state index is 0.000723. The number of rotatable bonds is 4. The number of benzene rings is 2. The van der Waals surface area contributed by atoms with Gasteiger partial charge in [0.2, 0.25) is 5.91 Å². The first-order valence-corrected chi connectivity index (χ1v) is 7.79. The van der Waals surface area contributed by atoms with E-state index >= 15 is 0 Å². The topological polar surface area (TPSA) is 42.0 Å². The summed E-state index contributed by atoms with van der Waals surface area (Å²) in [6, 6.07) is 15.6. The second kappa shape index (κ2) is 6.06. The molecule has 0 unspecified atom stereocenters. The average molecular weight is 296 g/mol. The molecule has 0 atom stereocenters. The summed E-state index contributed by atoms with van der Waals surface area (Å²) in [6.45, 7) is 2.10. The third-order valence-electron chi connectivity index (χ3n) is 3.23. The van der Waals surface area contributed by atoms with Crippen molar-refractivity contribution in [2.24, 2.45) is 0 Å². The van der Waals surface area contributed by atoms with E-state index in [0.29, 0.717) is 6.42 Å². The molecule has 3 rings (SSSR count). The second-order valence-corrected chi connectivity index (χ2v) is 5.97. The van der Waals surface area contributed by atoms with Gasteiger partial charge in [0.05, 0.1) is 21.6 Å². The van der Waals surface area contributed by atoms with Crippen LogP contribution in [0, 0.1) is 0 Å². The molecule has 1 amide bonds. The molecule has 2 aromatic carbocycles. The van der Waals surface area contributed by atoms with Crippen molar-refractivity contribution in [3.63, 3.8) is 0 Å². The van der Waals surface area contributed by atoms with Crippen LogP contribution in [0.2, 0.25) is 0 Å². The molecule has 106 valence electrons. The van der Waals surface area contributed by atoms with Gasteiger partial charge in [-0.15, -0.1) is 11.3 Å². The Labute approximate surface area is 127 Å². The maximum Gasteiger partial charge on any atom is 0.228 e. The number of hydrogen-bond acceptors (Lipinski definition) is 3. The molecule has 0 fully saturated rings. The largest absolute Gasteiger partial charge is 0.326 e. The number of thiazole rings is 1. The van der Waals surface area contributed by atoms with Gasteiger partial charge in [0.1, 0.15) is 0 Å². The van der Waals surface area contributed by atoms with Crippen molar-refractivity contribution in [3.05, 3.63) is 59.1 Å². The number of aryl methyl sites for hydroxylation is 1. The molecule has 0 saturated heterocycles. The summed E-state index contributed by atoms with van der Waals surface area (Å²) in [5.74, 6) is 0.000723. The SMILES string of the molecule is CCc1nc2ccc(NC(=O)Cc3ccccc3)cc2s1. The number of aromatic nitrogens is 1. The quantitative estimate of drug-likeness (QED) is 0.789. The summed E-state index contributed by atoms with van der Waals surface area (Å²) in [4.78, 5) is 16.6. The summed E-state index contributed by atoms with van der Waals surface area (Å²) >= 11 is 1.68. The van der Waals surface area contributed by atoms with Crippen molar-refractivity contribution >= 4 is 33.1 Å².